The molecule has 6 heteroatoms. The van der Waals surface area contributed by atoms with Crippen LogP contribution in [0.1, 0.15) is 26.2 Å². The molecule has 20 heavy (non-hydrogen) atoms. The summed E-state index contributed by atoms with van der Waals surface area (Å²) in [5.74, 6) is 0.315. The first-order valence-electron chi connectivity index (χ1n) is 7.30. The third-order valence-electron chi connectivity index (χ3n) is 3.37. The molecule has 6 nitrogen and oxygen atoms in total. The number of nitrogens with zero attached hydrogens (tertiary/aromatic N) is 3. The summed E-state index contributed by atoms with van der Waals surface area (Å²) in [7, 11) is 0. The topological polar surface area (TPSA) is 70.2 Å². The largest absolute Gasteiger partial charge is 0.313 e. The Balaban J connectivity index is 1.81. The molecule has 0 aromatic carbocycles. The zero-order valence-electron chi connectivity index (χ0n) is 12.0. The summed E-state index contributed by atoms with van der Waals surface area (Å²) in [4.78, 5) is 22.2. The highest BCUT2D eigenvalue weighted by atomic mass is 16.2. The second-order valence-corrected chi connectivity index (χ2v) is 5.15. The molecule has 2 heterocycles. The Morgan fingerprint density at radius 3 is 2.95 bits per heavy atom. The SMILES string of the molecule is CCCN(CC(=O)Nc1ncccn1)CC1CCCN1. The van der Waals surface area contributed by atoms with Crippen LogP contribution in [0.15, 0.2) is 18.5 Å². The molecule has 1 saturated heterocycles. The van der Waals surface area contributed by atoms with Crippen molar-refractivity contribution in [2.75, 3.05) is 31.5 Å². The fraction of sp³-hybridized carbons (Fsp3) is 0.643. The molecule has 1 aromatic heterocycles. The molecule has 1 atom stereocenters. The Morgan fingerprint density at radius 1 is 1.50 bits per heavy atom. The Bertz CT molecular complexity index is 405. The highest BCUT2D eigenvalue weighted by Crippen LogP contribution is 2.07. The molecular weight excluding hydrogens is 254 g/mol. The van der Waals surface area contributed by atoms with E-state index in [1.165, 1.54) is 12.8 Å². The van der Waals surface area contributed by atoms with Crippen molar-refractivity contribution in [3.05, 3.63) is 18.5 Å². The predicted molar refractivity (Wildman–Crippen MR) is 78.4 cm³/mol. The first-order valence-corrected chi connectivity index (χ1v) is 7.30. The van der Waals surface area contributed by atoms with Crippen LogP contribution in [-0.4, -0.2) is 53.0 Å². The van der Waals surface area contributed by atoms with Crippen LogP contribution in [0.3, 0.4) is 0 Å². The lowest BCUT2D eigenvalue weighted by atomic mass is 10.2. The lowest BCUT2D eigenvalue weighted by Crippen LogP contribution is -2.42. The van der Waals surface area contributed by atoms with Crippen molar-refractivity contribution in [3.63, 3.8) is 0 Å². The number of carbonyl (C=O) groups excluding carboxylic acids is 1. The van der Waals surface area contributed by atoms with E-state index in [0.717, 1.165) is 26.1 Å². The molecule has 1 aromatic rings. The Morgan fingerprint density at radius 2 is 2.30 bits per heavy atom. The van der Waals surface area contributed by atoms with Crippen molar-refractivity contribution >= 4 is 11.9 Å². The number of aromatic nitrogens is 2. The van der Waals surface area contributed by atoms with Crippen LogP contribution in [0.25, 0.3) is 0 Å². The number of hydrogen-bond donors (Lipinski definition) is 2. The third kappa shape index (κ3) is 4.86. The molecule has 0 radical (unpaired) electrons. The maximum absolute atomic E-state index is 12.0. The van der Waals surface area contributed by atoms with E-state index in [9.17, 15) is 4.79 Å². The van der Waals surface area contributed by atoms with Gasteiger partial charge in [0.2, 0.25) is 11.9 Å². The molecule has 0 aliphatic carbocycles. The van der Waals surface area contributed by atoms with Gasteiger partial charge in [-0.2, -0.15) is 0 Å². The molecule has 1 unspecified atom stereocenters. The van der Waals surface area contributed by atoms with Crippen molar-refractivity contribution < 1.29 is 4.79 Å². The molecule has 0 bridgehead atoms. The summed E-state index contributed by atoms with van der Waals surface area (Å²) < 4.78 is 0. The number of hydrogen-bond acceptors (Lipinski definition) is 5. The van der Waals surface area contributed by atoms with E-state index in [1.54, 1.807) is 18.5 Å². The second kappa shape index (κ2) is 7.91. The lowest BCUT2D eigenvalue weighted by molar-refractivity contribution is -0.117. The van der Waals surface area contributed by atoms with Gasteiger partial charge in [-0.3, -0.25) is 15.0 Å². The number of anilines is 1. The summed E-state index contributed by atoms with van der Waals surface area (Å²) in [5, 5.41) is 6.20. The van der Waals surface area contributed by atoms with Crippen molar-refractivity contribution in [2.24, 2.45) is 0 Å². The monoisotopic (exact) mass is 277 g/mol. The summed E-state index contributed by atoms with van der Waals surface area (Å²) in [6, 6.07) is 2.24. The van der Waals surface area contributed by atoms with E-state index < -0.39 is 0 Å². The number of amides is 1. The van der Waals surface area contributed by atoms with E-state index in [0.29, 0.717) is 18.5 Å². The van der Waals surface area contributed by atoms with Gasteiger partial charge in [-0.25, -0.2) is 9.97 Å². The minimum atomic E-state index is -0.0531. The third-order valence-corrected chi connectivity index (χ3v) is 3.37. The number of carbonyl (C=O) groups is 1. The highest BCUT2D eigenvalue weighted by molar-refractivity contribution is 5.90. The Hall–Kier alpha value is -1.53. The van der Waals surface area contributed by atoms with Crippen molar-refractivity contribution in [1.29, 1.82) is 0 Å². The van der Waals surface area contributed by atoms with E-state index in [-0.39, 0.29) is 5.91 Å². The summed E-state index contributed by atoms with van der Waals surface area (Å²) in [6.45, 7) is 5.48. The second-order valence-electron chi connectivity index (χ2n) is 5.15. The lowest BCUT2D eigenvalue weighted by Gasteiger charge is -2.24. The molecule has 1 fully saturated rings. The van der Waals surface area contributed by atoms with E-state index in [1.807, 2.05) is 0 Å². The first-order chi connectivity index (χ1) is 9.78. The summed E-state index contributed by atoms with van der Waals surface area (Å²) in [6.07, 6.45) is 6.71. The molecule has 2 N–H and O–H groups in total. The summed E-state index contributed by atoms with van der Waals surface area (Å²) >= 11 is 0. The fourth-order valence-corrected chi connectivity index (χ4v) is 2.51. The maximum Gasteiger partial charge on any atom is 0.240 e. The first kappa shape index (κ1) is 14.9. The van der Waals surface area contributed by atoms with Gasteiger partial charge in [-0.05, 0) is 38.4 Å². The van der Waals surface area contributed by atoms with Gasteiger partial charge in [-0.15, -0.1) is 0 Å². The Labute approximate surface area is 120 Å². The molecule has 1 aliphatic rings. The van der Waals surface area contributed by atoms with Gasteiger partial charge in [0.1, 0.15) is 0 Å². The van der Waals surface area contributed by atoms with Crippen LogP contribution in [0.5, 0.6) is 0 Å². The number of rotatable bonds is 7. The van der Waals surface area contributed by atoms with Gasteiger partial charge in [-0.1, -0.05) is 6.92 Å². The summed E-state index contributed by atoms with van der Waals surface area (Å²) in [5.41, 5.74) is 0. The van der Waals surface area contributed by atoms with Crippen LogP contribution in [0.2, 0.25) is 0 Å². The van der Waals surface area contributed by atoms with E-state index in [2.05, 4.69) is 32.4 Å². The number of nitrogens with one attached hydrogen (secondary N) is 2. The predicted octanol–water partition coefficient (Wildman–Crippen LogP) is 0.879. The van der Waals surface area contributed by atoms with Crippen LogP contribution in [-0.2, 0) is 4.79 Å². The molecule has 1 aliphatic heterocycles. The van der Waals surface area contributed by atoms with E-state index >= 15 is 0 Å². The molecule has 0 saturated carbocycles. The van der Waals surface area contributed by atoms with E-state index in [4.69, 9.17) is 0 Å². The quantitative estimate of drug-likeness (QED) is 0.774. The van der Waals surface area contributed by atoms with Gasteiger partial charge in [0, 0.05) is 25.0 Å². The molecular formula is C14H23N5O. The molecule has 1 amide bonds. The standard InChI is InChI=1S/C14H23N5O/c1-2-9-19(10-12-5-3-6-15-12)11-13(20)18-14-16-7-4-8-17-14/h4,7-8,12,15H,2-3,5-6,9-11H2,1H3,(H,16,17,18,20). The zero-order valence-corrected chi connectivity index (χ0v) is 12.0. The van der Waals surface area contributed by atoms with Crippen LogP contribution in [0, 0.1) is 0 Å². The minimum Gasteiger partial charge on any atom is -0.313 e. The minimum absolute atomic E-state index is 0.0531. The fourth-order valence-electron chi connectivity index (χ4n) is 2.51. The van der Waals surface area contributed by atoms with Gasteiger partial charge in [0.05, 0.1) is 6.54 Å². The van der Waals surface area contributed by atoms with Gasteiger partial charge in [0.25, 0.3) is 0 Å². The average Bonchev–Trinajstić information content (AvgIpc) is 2.93. The molecule has 0 spiro atoms. The molecule has 2 rings (SSSR count). The van der Waals surface area contributed by atoms with Gasteiger partial charge >= 0.3 is 0 Å². The zero-order chi connectivity index (χ0) is 14.2. The van der Waals surface area contributed by atoms with Crippen molar-refractivity contribution in [3.8, 4) is 0 Å². The van der Waals surface area contributed by atoms with Crippen molar-refractivity contribution in [1.82, 2.24) is 20.2 Å². The average molecular weight is 277 g/mol. The smallest absolute Gasteiger partial charge is 0.240 e. The van der Waals surface area contributed by atoms with Crippen LogP contribution < -0.4 is 10.6 Å². The van der Waals surface area contributed by atoms with Crippen molar-refractivity contribution in [2.45, 2.75) is 32.2 Å². The van der Waals surface area contributed by atoms with Crippen LogP contribution >= 0.6 is 0 Å². The van der Waals surface area contributed by atoms with Gasteiger partial charge < -0.3 is 5.32 Å². The normalized spacial score (nSPS) is 18.4. The molecule has 110 valence electrons. The maximum atomic E-state index is 12.0. The van der Waals surface area contributed by atoms with Gasteiger partial charge in [0.15, 0.2) is 0 Å². The highest BCUT2D eigenvalue weighted by Gasteiger charge is 2.19. The Kier molecular flexibility index (Phi) is 5.88. The van der Waals surface area contributed by atoms with Crippen LogP contribution in [0.4, 0.5) is 5.95 Å².